The van der Waals surface area contributed by atoms with Crippen LogP contribution in [0.25, 0.3) is 0 Å². The standard InChI is InChI=1S/C11H20N2O2.ClH/c1-9-2-5-13(8-9)10(14)11(12)3-6-15-7-4-11;/h9H,2-8,12H2,1H3;1H. The number of halogens is 1. The van der Waals surface area contributed by atoms with E-state index in [9.17, 15) is 4.79 Å². The Morgan fingerprint density at radius 3 is 2.56 bits per heavy atom. The molecule has 1 unspecified atom stereocenters. The Morgan fingerprint density at radius 2 is 2.06 bits per heavy atom. The maximum absolute atomic E-state index is 12.2. The molecule has 0 aromatic carbocycles. The van der Waals surface area contributed by atoms with E-state index in [1.807, 2.05) is 4.90 Å². The monoisotopic (exact) mass is 248 g/mol. The van der Waals surface area contributed by atoms with Crippen LogP contribution in [-0.4, -0.2) is 42.6 Å². The third kappa shape index (κ3) is 2.67. The van der Waals surface area contributed by atoms with E-state index in [0.29, 0.717) is 32.0 Å². The molecule has 2 fully saturated rings. The summed E-state index contributed by atoms with van der Waals surface area (Å²) in [6, 6.07) is 0. The number of likely N-dealkylation sites (tertiary alicyclic amines) is 1. The molecule has 1 amide bonds. The van der Waals surface area contributed by atoms with Crippen LogP contribution in [0.1, 0.15) is 26.2 Å². The molecule has 0 saturated carbocycles. The van der Waals surface area contributed by atoms with Gasteiger partial charge in [0.25, 0.3) is 0 Å². The van der Waals surface area contributed by atoms with E-state index in [1.54, 1.807) is 0 Å². The summed E-state index contributed by atoms with van der Waals surface area (Å²) in [6.07, 6.45) is 2.44. The normalized spacial score (nSPS) is 28.6. The molecule has 1 atom stereocenters. The first-order valence-corrected chi connectivity index (χ1v) is 5.78. The Bertz CT molecular complexity index is 254. The van der Waals surface area contributed by atoms with E-state index in [2.05, 4.69) is 6.92 Å². The number of rotatable bonds is 1. The molecule has 2 saturated heterocycles. The van der Waals surface area contributed by atoms with Gasteiger partial charge in [-0.2, -0.15) is 0 Å². The highest BCUT2D eigenvalue weighted by Crippen LogP contribution is 2.24. The first-order valence-electron chi connectivity index (χ1n) is 5.78. The summed E-state index contributed by atoms with van der Waals surface area (Å²) < 4.78 is 5.25. The maximum atomic E-state index is 12.2. The SMILES string of the molecule is CC1CCN(C(=O)C2(N)CCOCC2)C1.Cl. The van der Waals surface area contributed by atoms with Gasteiger partial charge in [-0.15, -0.1) is 12.4 Å². The van der Waals surface area contributed by atoms with E-state index in [1.165, 1.54) is 0 Å². The fourth-order valence-electron chi connectivity index (χ4n) is 2.38. The van der Waals surface area contributed by atoms with Crippen molar-refractivity contribution in [3.8, 4) is 0 Å². The Balaban J connectivity index is 0.00000128. The number of carbonyl (C=O) groups excluding carboxylic acids is 1. The fraction of sp³-hybridized carbons (Fsp3) is 0.909. The number of amides is 1. The van der Waals surface area contributed by atoms with Gasteiger partial charge in [0.05, 0.1) is 5.54 Å². The Hall–Kier alpha value is -0.320. The molecule has 16 heavy (non-hydrogen) atoms. The average Bonchev–Trinajstić information content (AvgIpc) is 2.65. The molecule has 2 aliphatic rings. The van der Waals surface area contributed by atoms with Crippen LogP contribution in [0.15, 0.2) is 0 Å². The van der Waals surface area contributed by atoms with Gasteiger partial charge in [0.2, 0.25) is 5.91 Å². The average molecular weight is 249 g/mol. The zero-order valence-corrected chi connectivity index (χ0v) is 10.6. The minimum Gasteiger partial charge on any atom is -0.381 e. The van der Waals surface area contributed by atoms with Crippen molar-refractivity contribution in [1.29, 1.82) is 0 Å². The molecule has 2 heterocycles. The van der Waals surface area contributed by atoms with Crippen molar-refractivity contribution in [1.82, 2.24) is 4.90 Å². The molecule has 2 rings (SSSR count). The zero-order chi connectivity index (χ0) is 10.9. The Labute approximate surface area is 103 Å². The van der Waals surface area contributed by atoms with Crippen LogP contribution in [0.4, 0.5) is 0 Å². The van der Waals surface area contributed by atoms with Gasteiger partial charge in [-0.25, -0.2) is 0 Å². The molecule has 4 nitrogen and oxygen atoms in total. The van der Waals surface area contributed by atoms with E-state index in [-0.39, 0.29) is 18.3 Å². The van der Waals surface area contributed by atoms with Crippen LogP contribution >= 0.6 is 12.4 Å². The molecular weight excluding hydrogens is 228 g/mol. The van der Waals surface area contributed by atoms with E-state index < -0.39 is 5.54 Å². The molecule has 94 valence electrons. The summed E-state index contributed by atoms with van der Waals surface area (Å²) >= 11 is 0. The van der Waals surface area contributed by atoms with Crippen molar-refractivity contribution in [2.24, 2.45) is 11.7 Å². The lowest BCUT2D eigenvalue weighted by Crippen LogP contribution is -2.57. The van der Waals surface area contributed by atoms with Crippen molar-refractivity contribution >= 4 is 18.3 Å². The highest BCUT2D eigenvalue weighted by atomic mass is 35.5. The van der Waals surface area contributed by atoms with Gasteiger partial charge in [-0.3, -0.25) is 4.79 Å². The third-order valence-electron chi connectivity index (χ3n) is 3.52. The lowest BCUT2D eigenvalue weighted by Gasteiger charge is -2.35. The molecule has 0 bridgehead atoms. The van der Waals surface area contributed by atoms with Crippen molar-refractivity contribution in [2.75, 3.05) is 26.3 Å². The maximum Gasteiger partial charge on any atom is 0.242 e. The number of nitrogens with two attached hydrogens (primary N) is 1. The highest BCUT2D eigenvalue weighted by Gasteiger charge is 2.40. The summed E-state index contributed by atoms with van der Waals surface area (Å²) in [5.41, 5.74) is 5.51. The molecule has 0 spiro atoms. The van der Waals surface area contributed by atoms with Crippen molar-refractivity contribution in [3.63, 3.8) is 0 Å². The molecule has 0 radical (unpaired) electrons. The lowest BCUT2D eigenvalue weighted by molar-refractivity contribution is -0.139. The Kier molecular flexibility index (Phi) is 4.59. The van der Waals surface area contributed by atoms with E-state index in [0.717, 1.165) is 19.5 Å². The van der Waals surface area contributed by atoms with E-state index in [4.69, 9.17) is 10.5 Å². The smallest absolute Gasteiger partial charge is 0.242 e. The number of hydrogen-bond donors (Lipinski definition) is 1. The summed E-state index contributed by atoms with van der Waals surface area (Å²) in [5, 5.41) is 0. The minimum absolute atomic E-state index is 0. The van der Waals surface area contributed by atoms with Crippen molar-refractivity contribution < 1.29 is 9.53 Å². The summed E-state index contributed by atoms with van der Waals surface area (Å²) in [5.74, 6) is 0.757. The molecule has 0 aromatic rings. The second-order valence-corrected chi connectivity index (χ2v) is 4.91. The van der Waals surface area contributed by atoms with Gasteiger partial charge >= 0.3 is 0 Å². The van der Waals surface area contributed by atoms with Gasteiger partial charge in [-0.1, -0.05) is 6.92 Å². The highest BCUT2D eigenvalue weighted by molar-refractivity contribution is 5.86. The van der Waals surface area contributed by atoms with Crippen LogP contribution in [0, 0.1) is 5.92 Å². The van der Waals surface area contributed by atoms with Crippen molar-refractivity contribution in [3.05, 3.63) is 0 Å². The van der Waals surface area contributed by atoms with Crippen molar-refractivity contribution in [2.45, 2.75) is 31.7 Å². The van der Waals surface area contributed by atoms with Crippen LogP contribution in [0.3, 0.4) is 0 Å². The molecule has 0 aliphatic carbocycles. The van der Waals surface area contributed by atoms with Crippen LogP contribution < -0.4 is 5.73 Å². The Morgan fingerprint density at radius 1 is 1.44 bits per heavy atom. The van der Waals surface area contributed by atoms with Crippen LogP contribution in [0.5, 0.6) is 0 Å². The van der Waals surface area contributed by atoms with Gasteiger partial charge in [0.15, 0.2) is 0 Å². The summed E-state index contributed by atoms with van der Waals surface area (Å²) in [6.45, 7) is 5.16. The van der Waals surface area contributed by atoms with E-state index >= 15 is 0 Å². The fourth-order valence-corrected chi connectivity index (χ4v) is 2.38. The van der Waals surface area contributed by atoms with Gasteiger partial charge < -0.3 is 15.4 Å². The lowest BCUT2D eigenvalue weighted by atomic mass is 9.90. The number of carbonyl (C=O) groups is 1. The number of nitrogens with zero attached hydrogens (tertiary/aromatic N) is 1. The third-order valence-corrected chi connectivity index (χ3v) is 3.52. The van der Waals surface area contributed by atoms with Crippen LogP contribution in [0.2, 0.25) is 0 Å². The molecule has 2 aliphatic heterocycles. The number of hydrogen-bond acceptors (Lipinski definition) is 3. The topological polar surface area (TPSA) is 55.6 Å². The quantitative estimate of drug-likeness (QED) is 0.746. The summed E-state index contributed by atoms with van der Waals surface area (Å²) in [7, 11) is 0. The largest absolute Gasteiger partial charge is 0.381 e. The van der Waals surface area contributed by atoms with Gasteiger partial charge in [0.1, 0.15) is 0 Å². The molecule has 2 N–H and O–H groups in total. The van der Waals surface area contributed by atoms with Gasteiger partial charge in [0, 0.05) is 26.3 Å². The molecule has 0 aromatic heterocycles. The second kappa shape index (κ2) is 5.34. The zero-order valence-electron chi connectivity index (χ0n) is 9.78. The first-order chi connectivity index (χ1) is 7.12. The number of ether oxygens (including phenoxy) is 1. The van der Waals surface area contributed by atoms with Gasteiger partial charge in [-0.05, 0) is 25.2 Å². The summed E-state index contributed by atoms with van der Waals surface area (Å²) in [4.78, 5) is 14.1. The predicted octanol–water partition coefficient (Wildman–Crippen LogP) is 0.784. The van der Waals surface area contributed by atoms with Crippen LogP contribution in [-0.2, 0) is 9.53 Å². The second-order valence-electron chi connectivity index (χ2n) is 4.91. The molecular formula is C11H21ClN2O2. The minimum atomic E-state index is -0.650. The molecule has 5 heteroatoms. The predicted molar refractivity (Wildman–Crippen MR) is 64.6 cm³/mol. The first kappa shape index (κ1) is 13.7.